The zero-order valence-electron chi connectivity index (χ0n) is 15.7. The van der Waals surface area contributed by atoms with Gasteiger partial charge in [0.05, 0.1) is 45.9 Å². The van der Waals surface area contributed by atoms with Crippen LogP contribution in [0.25, 0.3) is 11.5 Å². The van der Waals surface area contributed by atoms with Crippen LogP contribution in [0.15, 0.2) is 22.6 Å². The number of esters is 1. The summed E-state index contributed by atoms with van der Waals surface area (Å²) in [5.41, 5.74) is 0.711. The summed E-state index contributed by atoms with van der Waals surface area (Å²) in [6, 6.07) is 5.42. The van der Waals surface area contributed by atoms with Crippen molar-refractivity contribution in [2.24, 2.45) is 5.92 Å². The zero-order chi connectivity index (χ0) is 19.4. The van der Waals surface area contributed by atoms with Gasteiger partial charge in [-0.15, -0.1) is 5.10 Å². The highest BCUT2D eigenvalue weighted by Crippen LogP contribution is 2.32. The molecule has 0 aliphatic carbocycles. The smallest absolute Gasteiger partial charge is 0.309 e. The Morgan fingerprint density at radius 3 is 2.67 bits per heavy atom. The molecule has 146 valence electrons. The van der Waals surface area contributed by atoms with Crippen molar-refractivity contribution in [3.8, 4) is 23.0 Å². The summed E-state index contributed by atoms with van der Waals surface area (Å²) in [5, 5.41) is 4.52. The summed E-state index contributed by atoms with van der Waals surface area (Å²) in [6.45, 7) is 2.31. The third kappa shape index (κ3) is 4.30. The molecule has 1 fully saturated rings. The van der Waals surface area contributed by atoms with Crippen LogP contribution in [0.2, 0.25) is 0 Å². The second-order valence-corrected chi connectivity index (χ2v) is 6.79. The third-order valence-electron chi connectivity index (χ3n) is 4.85. The Labute approximate surface area is 162 Å². The molecular weight excluding hydrogens is 370 g/mol. The van der Waals surface area contributed by atoms with Gasteiger partial charge < -0.3 is 23.5 Å². The summed E-state index contributed by atoms with van der Waals surface area (Å²) >= 11 is 5.33. The fourth-order valence-electron chi connectivity index (χ4n) is 3.29. The average Bonchev–Trinajstić information content (AvgIpc) is 3.07. The Morgan fingerprint density at radius 2 is 2.04 bits per heavy atom. The van der Waals surface area contributed by atoms with Crippen molar-refractivity contribution in [3.63, 3.8) is 0 Å². The van der Waals surface area contributed by atoms with E-state index >= 15 is 0 Å². The van der Waals surface area contributed by atoms with Gasteiger partial charge in [0.2, 0.25) is 0 Å². The van der Waals surface area contributed by atoms with Crippen molar-refractivity contribution in [1.29, 1.82) is 0 Å². The highest BCUT2D eigenvalue weighted by atomic mass is 32.1. The molecule has 1 aliphatic heterocycles. The molecule has 1 N–H and O–H groups in total. The predicted octanol–water partition coefficient (Wildman–Crippen LogP) is 1.32. The van der Waals surface area contributed by atoms with Crippen molar-refractivity contribution in [1.82, 2.24) is 9.78 Å². The number of rotatable bonds is 6. The monoisotopic (exact) mass is 394 g/mol. The van der Waals surface area contributed by atoms with E-state index in [-0.39, 0.29) is 11.9 Å². The van der Waals surface area contributed by atoms with E-state index in [1.54, 1.807) is 25.0 Å². The van der Waals surface area contributed by atoms with Crippen molar-refractivity contribution < 1.29 is 28.3 Å². The molecule has 0 bridgehead atoms. The van der Waals surface area contributed by atoms with Gasteiger partial charge in [-0.25, -0.2) is 0 Å². The molecular formula is C18H24N3O5S+. The molecule has 0 atom stereocenters. The molecule has 27 heavy (non-hydrogen) atoms. The molecule has 9 heteroatoms. The minimum atomic E-state index is -0.124. The van der Waals surface area contributed by atoms with E-state index < -0.39 is 0 Å². The predicted molar refractivity (Wildman–Crippen MR) is 99.3 cm³/mol. The Kier molecular flexibility index (Phi) is 6.12. The summed E-state index contributed by atoms with van der Waals surface area (Å²) in [6.07, 6.45) is 1.60. The maximum absolute atomic E-state index is 11.7. The number of nitrogens with zero attached hydrogens (tertiary/aromatic N) is 2. The molecule has 1 aromatic carbocycles. The summed E-state index contributed by atoms with van der Waals surface area (Å²) in [5.74, 6) is 1.56. The standard InChI is InChI=1S/C18H23N3O5S/c1-23-13-4-5-14(15(10-13)24-2)16-19-21(18(27)26-16)11-20-8-6-12(7-9-20)17(22)25-3/h4-5,10,12H,6-9,11H2,1-3H3/p+1. The lowest BCUT2D eigenvalue weighted by atomic mass is 9.97. The Balaban J connectivity index is 1.73. The van der Waals surface area contributed by atoms with Gasteiger partial charge in [0, 0.05) is 18.9 Å². The van der Waals surface area contributed by atoms with E-state index in [1.165, 1.54) is 12.0 Å². The Bertz CT molecular complexity index is 855. The van der Waals surface area contributed by atoms with E-state index in [2.05, 4.69) is 5.10 Å². The van der Waals surface area contributed by atoms with Crippen LogP contribution in [-0.4, -0.2) is 50.2 Å². The summed E-state index contributed by atoms with van der Waals surface area (Å²) in [7, 11) is 4.62. The van der Waals surface area contributed by atoms with E-state index in [9.17, 15) is 4.79 Å². The average molecular weight is 394 g/mol. The Hall–Kier alpha value is -2.39. The van der Waals surface area contributed by atoms with Gasteiger partial charge in [-0.2, -0.15) is 4.68 Å². The molecule has 0 amide bonds. The van der Waals surface area contributed by atoms with E-state index in [4.69, 9.17) is 30.8 Å². The summed E-state index contributed by atoms with van der Waals surface area (Å²) < 4.78 is 22.8. The van der Waals surface area contributed by atoms with Gasteiger partial charge in [-0.05, 0) is 24.4 Å². The van der Waals surface area contributed by atoms with Crippen LogP contribution in [0.1, 0.15) is 12.8 Å². The quantitative estimate of drug-likeness (QED) is 0.585. The number of likely N-dealkylation sites (tertiary alicyclic amines) is 1. The van der Waals surface area contributed by atoms with Gasteiger partial charge >= 0.3 is 5.97 Å². The zero-order valence-corrected chi connectivity index (χ0v) is 16.5. The molecule has 0 unspecified atom stereocenters. The van der Waals surface area contributed by atoms with Gasteiger partial charge in [0.1, 0.15) is 11.5 Å². The molecule has 2 aromatic rings. The maximum Gasteiger partial charge on any atom is 0.309 e. The van der Waals surface area contributed by atoms with Crippen LogP contribution < -0.4 is 14.4 Å². The van der Waals surface area contributed by atoms with E-state index in [0.717, 1.165) is 25.9 Å². The van der Waals surface area contributed by atoms with Crippen LogP contribution in [0.4, 0.5) is 0 Å². The molecule has 3 rings (SSSR count). The topological polar surface area (TPSA) is 80.2 Å². The summed E-state index contributed by atoms with van der Waals surface area (Å²) in [4.78, 5) is 13.3. The van der Waals surface area contributed by atoms with Gasteiger partial charge in [-0.1, -0.05) is 0 Å². The molecule has 0 radical (unpaired) electrons. The van der Waals surface area contributed by atoms with E-state index in [1.807, 2.05) is 12.1 Å². The molecule has 1 aromatic heterocycles. The molecule has 1 saturated heterocycles. The first-order valence-corrected chi connectivity index (χ1v) is 9.18. The number of ether oxygens (including phenoxy) is 3. The highest BCUT2D eigenvalue weighted by Gasteiger charge is 2.28. The lowest BCUT2D eigenvalue weighted by molar-refractivity contribution is -0.929. The largest absolute Gasteiger partial charge is 0.497 e. The van der Waals surface area contributed by atoms with Crippen LogP contribution in [-0.2, 0) is 16.2 Å². The van der Waals surface area contributed by atoms with Gasteiger partial charge in [-0.3, -0.25) is 4.79 Å². The first-order chi connectivity index (χ1) is 13.0. The first kappa shape index (κ1) is 19.4. The van der Waals surface area contributed by atoms with Crippen molar-refractivity contribution in [2.75, 3.05) is 34.4 Å². The van der Waals surface area contributed by atoms with Crippen LogP contribution in [0, 0.1) is 10.8 Å². The maximum atomic E-state index is 11.7. The van der Waals surface area contributed by atoms with Gasteiger partial charge in [0.25, 0.3) is 10.7 Å². The lowest BCUT2D eigenvalue weighted by Gasteiger charge is -2.27. The molecule has 0 saturated carbocycles. The van der Waals surface area contributed by atoms with Crippen LogP contribution in [0.5, 0.6) is 11.5 Å². The first-order valence-electron chi connectivity index (χ1n) is 8.77. The third-order valence-corrected chi connectivity index (χ3v) is 5.14. The fourth-order valence-corrected chi connectivity index (χ4v) is 3.47. The fraction of sp³-hybridized carbons (Fsp3) is 0.500. The number of benzene rings is 1. The SMILES string of the molecule is COC(=O)C1CC[NH+](Cn2nc(-c3ccc(OC)cc3OC)oc2=S)CC1. The molecule has 2 heterocycles. The number of aromatic nitrogens is 2. The second kappa shape index (κ2) is 8.53. The molecule has 8 nitrogen and oxygen atoms in total. The number of quaternary nitrogens is 1. The number of carbonyl (C=O) groups is 1. The minimum Gasteiger partial charge on any atom is -0.497 e. The second-order valence-electron chi connectivity index (χ2n) is 6.44. The van der Waals surface area contributed by atoms with E-state index in [0.29, 0.717) is 34.5 Å². The number of hydrogen-bond donors (Lipinski definition) is 1. The normalized spacial score (nSPS) is 19.5. The van der Waals surface area contributed by atoms with Crippen molar-refractivity contribution in [3.05, 3.63) is 23.0 Å². The molecule has 1 aliphatic rings. The van der Waals surface area contributed by atoms with Crippen molar-refractivity contribution in [2.45, 2.75) is 19.5 Å². The highest BCUT2D eigenvalue weighted by molar-refractivity contribution is 7.71. The number of carbonyl (C=O) groups excluding carboxylic acids is 1. The number of hydrogen-bond acceptors (Lipinski definition) is 7. The lowest BCUT2D eigenvalue weighted by Crippen LogP contribution is -3.12. The number of methoxy groups -OCH3 is 3. The minimum absolute atomic E-state index is 0.0110. The van der Waals surface area contributed by atoms with Crippen LogP contribution in [0.3, 0.4) is 0 Å². The number of nitrogens with one attached hydrogen (secondary N) is 1. The van der Waals surface area contributed by atoms with Gasteiger partial charge in [0.15, 0.2) is 6.67 Å². The van der Waals surface area contributed by atoms with Crippen LogP contribution >= 0.6 is 12.2 Å². The number of piperidine rings is 1. The van der Waals surface area contributed by atoms with Crippen molar-refractivity contribution >= 4 is 18.2 Å². The Morgan fingerprint density at radius 1 is 1.30 bits per heavy atom. The molecule has 0 spiro atoms.